The standard InChI is InChI=1S/C16H23N3O5/c1-4-23-16(20)12-6-5-9-18(10-12)14-8-7-13(19(21)22)15(17-14)24-11(2)3/h7-8,11-12H,4-6,9-10H2,1-3H3/t12-/m0/s1. The van der Waals surface area contributed by atoms with E-state index >= 15 is 0 Å². The maximum absolute atomic E-state index is 11.9. The average Bonchev–Trinajstić information content (AvgIpc) is 2.54. The lowest BCUT2D eigenvalue weighted by molar-refractivity contribution is -0.386. The molecule has 2 rings (SSSR count). The average molecular weight is 337 g/mol. The van der Waals surface area contributed by atoms with E-state index in [-0.39, 0.29) is 29.6 Å². The van der Waals surface area contributed by atoms with Gasteiger partial charge in [0.05, 0.1) is 23.6 Å². The van der Waals surface area contributed by atoms with E-state index in [0.717, 1.165) is 19.4 Å². The van der Waals surface area contributed by atoms with Crippen molar-refractivity contribution in [3.8, 4) is 5.88 Å². The van der Waals surface area contributed by atoms with Crippen molar-refractivity contribution in [2.75, 3.05) is 24.6 Å². The number of aromatic nitrogens is 1. The van der Waals surface area contributed by atoms with E-state index in [1.807, 2.05) is 4.90 Å². The molecule has 1 aliphatic heterocycles. The van der Waals surface area contributed by atoms with Crippen LogP contribution in [-0.2, 0) is 9.53 Å². The molecule has 0 aromatic carbocycles. The number of anilines is 1. The second kappa shape index (κ2) is 7.94. The minimum Gasteiger partial charge on any atom is -0.470 e. The molecule has 1 aromatic rings. The van der Waals surface area contributed by atoms with Gasteiger partial charge in [0.15, 0.2) is 0 Å². The van der Waals surface area contributed by atoms with Crippen molar-refractivity contribution >= 4 is 17.5 Å². The maximum Gasteiger partial charge on any atom is 0.331 e. The monoisotopic (exact) mass is 337 g/mol. The lowest BCUT2D eigenvalue weighted by Gasteiger charge is -2.32. The Morgan fingerprint density at radius 1 is 1.50 bits per heavy atom. The van der Waals surface area contributed by atoms with Gasteiger partial charge in [-0.2, -0.15) is 4.98 Å². The first-order valence-electron chi connectivity index (χ1n) is 8.16. The van der Waals surface area contributed by atoms with Gasteiger partial charge < -0.3 is 14.4 Å². The van der Waals surface area contributed by atoms with Gasteiger partial charge in [-0.25, -0.2) is 0 Å². The molecule has 1 aliphatic rings. The van der Waals surface area contributed by atoms with Crippen LogP contribution in [0.3, 0.4) is 0 Å². The number of rotatable bonds is 6. The smallest absolute Gasteiger partial charge is 0.331 e. The molecule has 8 heteroatoms. The molecule has 0 bridgehead atoms. The zero-order chi connectivity index (χ0) is 17.7. The highest BCUT2D eigenvalue weighted by Gasteiger charge is 2.29. The fourth-order valence-corrected chi connectivity index (χ4v) is 2.69. The molecular formula is C16H23N3O5. The summed E-state index contributed by atoms with van der Waals surface area (Å²) in [6, 6.07) is 2.99. The molecule has 24 heavy (non-hydrogen) atoms. The van der Waals surface area contributed by atoms with Crippen LogP contribution < -0.4 is 9.64 Å². The number of nitro groups is 1. The van der Waals surface area contributed by atoms with Crippen molar-refractivity contribution in [1.82, 2.24) is 4.98 Å². The van der Waals surface area contributed by atoms with Gasteiger partial charge in [-0.15, -0.1) is 0 Å². The van der Waals surface area contributed by atoms with Gasteiger partial charge in [0.1, 0.15) is 5.82 Å². The van der Waals surface area contributed by atoms with Gasteiger partial charge >= 0.3 is 11.7 Å². The first-order chi connectivity index (χ1) is 11.4. The summed E-state index contributed by atoms with van der Waals surface area (Å²) in [5.41, 5.74) is -0.161. The Labute approximate surface area is 140 Å². The Hall–Kier alpha value is -2.38. The Kier molecular flexibility index (Phi) is 5.94. The predicted octanol–water partition coefficient (Wildman–Crippen LogP) is 2.56. The minimum absolute atomic E-state index is 0.00533. The largest absolute Gasteiger partial charge is 0.470 e. The normalized spacial score (nSPS) is 17.7. The summed E-state index contributed by atoms with van der Waals surface area (Å²) >= 11 is 0. The molecule has 8 nitrogen and oxygen atoms in total. The third-order valence-electron chi connectivity index (χ3n) is 3.73. The number of hydrogen-bond acceptors (Lipinski definition) is 7. The van der Waals surface area contributed by atoms with E-state index in [2.05, 4.69) is 4.98 Å². The SMILES string of the molecule is CCOC(=O)[C@H]1CCCN(c2ccc([N+](=O)[O-])c(OC(C)C)n2)C1. The highest BCUT2D eigenvalue weighted by molar-refractivity contribution is 5.73. The van der Waals surface area contributed by atoms with E-state index in [1.54, 1.807) is 26.8 Å². The van der Waals surface area contributed by atoms with Crippen LogP contribution >= 0.6 is 0 Å². The molecule has 0 amide bonds. The van der Waals surface area contributed by atoms with Crippen LogP contribution in [0.15, 0.2) is 12.1 Å². The summed E-state index contributed by atoms with van der Waals surface area (Å²) < 4.78 is 10.6. The molecule has 2 heterocycles. The minimum atomic E-state index is -0.508. The van der Waals surface area contributed by atoms with Crippen molar-refractivity contribution in [2.24, 2.45) is 5.92 Å². The number of pyridine rings is 1. The predicted molar refractivity (Wildman–Crippen MR) is 88.2 cm³/mol. The second-order valence-corrected chi connectivity index (χ2v) is 5.95. The van der Waals surface area contributed by atoms with Crippen LogP contribution in [0.1, 0.15) is 33.6 Å². The lowest BCUT2D eigenvalue weighted by Crippen LogP contribution is -2.39. The Morgan fingerprint density at radius 3 is 2.88 bits per heavy atom. The van der Waals surface area contributed by atoms with Gasteiger partial charge in [-0.3, -0.25) is 14.9 Å². The van der Waals surface area contributed by atoms with Crippen LogP contribution in [0.25, 0.3) is 0 Å². The lowest BCUT2D eigenvalue weighted by atomic mass is 9.98. The number of nitrogens with zero attached hydrogens (tertiary/aromatic N) is 3. The molecule has 0 unspecified atom stereocenters. The van der Waals surface area contributed by atoms with E-state index in [0.29, 0.717) is 19.0 Å². The number of hydrogen-bond donors (Lipinski definition) is 0. The van der Waals surface area contributed by atoms with Crippen LogP contribution in [0.2, 0.25) is 0 Å². The zero-order valence-electron chi connectivity index (χ0n) is 14.2. The number of carbonyl (C=O) groups excluding carboxylic acids is 1. The molecule has 132 valence electrons. The van der Waals surface area contributed by atoms with Crippen molar-refractivity contribution < 1.29 is 19.2 Å². The van der Waals surface area contributed by atoms with E-state index < -0.39 is 4.92 Å². The Bertz CT molecular complexity index is 605. The van der Waals surface area contributed by atoms with Crippen LogP contribution in [-0.4, -0.2) is 41.7 Å². The van der Waals surface area contributed by atoms with Crippen molar-refractivity contribution in [1.29, 1.82) is 0 Å². The van der Waals surface area contributed by atoms with Crippen molar-refractivity contribution in [2.45, 2.75) is 39.7 Å². The van der Waals surface area contributed by atoms with Crippen molar-refractivity contribution in [3.63, 3.8) is 0 Å². The molecule has 0 spiro atoms. The molecule has 1 fully saturated rings. The summed E-state index contributed by atoms with van der Waals surface area (Å²) in [5.74, 6) is 0.170. The Balaban J connectivity index is 2.21. The number of ether oxygens (including phenoxy) is 2. The summed E-state index contributed by atoms with van der Waals surface area (Å²) in [6.45, 7) is 6.95. The highest BCUT2D eigenvalue weighted by atomic mass is 16.6. The number of esters is 1. The molecule has 0 N–H and O–H groups in total. The molecule has 1 aromatic heterocycles. The Morgan fingerprint density at radius 2 is 2.25 bits per heavy atom. The first kappa shape index (κ1) is 18.0. The fraction of sp³-hybridized carbons (Fsp3) is 0.625. The zero-order valence-corrected chi connectivity index (χ0v) is 14.2. The van der Waals surface area contributed by atoms with E-state index in [4.69, 9.17) is 9.47 Å². The summed E-state index contributed by atoms with van der Waals surface area (Å²) in [4.78, 5) is 28.8. The van der Waals surface area contributed by atoms with E-state index in [9.17, 15) is 14.9 Å². The molecule has 0 saturated carbocycles. The first-order valence-corrected chi connectivity index (χ1v) is 8.16. The van der Waals surface area contributed by atoms with Crippen LogP contribution in [0.4, 0.5) is 11.5 Å². The summed E-state index contributed by atoms with van der Waals surface area (Å²) in [5, 5.41) is 11.1. The van der Waals surface area contributed by atoms with Gasteiger partial charge in [-0.1, -0.05) is 0 Å². The summed E-state index contributed by atoms with van der Waals surface area (Å²) in [7, 11) is 0. The fourth-order valence-electron chi connectivity index (χ4n) is 2.69. The topological polar surface area (TPSA) is 94.8 Å². The molecule has 1 atom stereocenters. The van der Waals surface area contributed by atoms with Gasteiger partial charge in [0.25, 0.3) is 5.88 Å². The second-order valence-electron chi connectivity index (χ2n) is 5.95. The maximum atomic E-state index is 11.9. The van der Waals surface area contributed by atoms with Gasteiger partial charge in [0.2, 0.25) is 0 Å². The quantitative estimate of drug-likeness (QED) is 0.447. The molecule has 0 radical (unpaired) electrons. The van der Waals surface area contributed by atoms with Crippen LogP contribution in [0.5, 0.6) is 5.88 Å². The van der Waals surface area contributed by atoms with Gasteiger partial charge in [0, 0.05) is 19.2 Å². The van der Waals surface area contributed by atoms with Gasteiger partial charge in [-0.05, 0) is 39.7 Å². The van der Waals surface area contributed by atoms with E-state index in [1.165, 1.54) is 6.07 Å². The van der Waals surface area contributed by atoms with Crippen LogP contribution in [0, 0.1) is 16.0 Å². The summed E-state index contributed by atoms with van der Waals surface area (Å²) in [6.07, 6.45) is 1.39. The molecule has 1 saturated heterocycles. The highest BCUT2D eigenvalue weighted by Crippen LogP contribution is 2.30. The molecular weight excluding hydrogens is 314 g/mol. The molecule has 0 aliphatic carbocycles. The number of carbonyl (C=O) groups is 1. The van der Waals surface area contributed by atoms with Crippen molar-refractivity contribution in [3.05, 3.63) is 22.2 Å². The number of piperidine rings is 1. The third-order valence-corrected chi connectivity index (χ3v) is 3.73. The third kappa shape index (κ3) is 4.33.